The topological polar surface area (TPSA) is 89.9 Å². The lowest BCUT2D eigenvalue weighted by Crippen LogP contribution is -2.44. The molecule has 0 saturated heterocycles. The zero-order valence-corrected chi connectivity index (χ0v) is 11.0. The minimum Gasteiger partial charge on any atom is -0.479 e. The number of carbonyl (C=O) groups excluding carboxylic acids is 1. The standard InChI is InChI=1S/C13H18N2O4/c1-3-15(10-7-5-4-6-9(10)2)13(19)14-8-11(16)12(17)18/h4-7,11,16H,3,8H2,1-2H3,(H,14,19)(H,17,18). The van der Waals surface area contributed by atoms with Gasteiger partial charge in [-0.2, -0.15) is 0 Å². The van der Waals surface area contributed by atoms with Gasteiger partial charge < -0.3 is 15.5 Å². The van der Waals surface area contributed by atoms with Gasteiger partial charge >= 0.3 is 12.0 Å². The van der Waals surface area contributed by atoms with Crippen molar-refractivity contribution < 1.29 is 19.8 Å². The number of aliphatic hydroxyl groups is 1. The summed E-state index contributed by atoms with van der Waals surface area (Å²) >= 11 is 0. The molecule has 6 nitrogen and oxygen atoms in total. The summed E-state index contributed by atoms with van der Waals surface area (Å²) in [4.78, 5) is 23.9. The first kappa shape index (κ1) is 15.0. The number of anilines is 1. The van der Waals surface area contributed by atoms with Crippen molar-refractivity contribution in [3.8, 4) is 0 Å². The molecule has 0 aliphatic rings. The number of aliphatic carboxylic acids is 1. The molecular weight excluding hydrogens is 248 g/mol. The molecule has 3 N–H and O–H groups in total. The third-order valence-corrected chi connectivity index (χ3v) is 2.70. The smallest absolute Gasteiger partial charge is 0.334 e. The largest absolute Gasteiger partial charge is 0.479 e. The Labute approximate surface area is 111 Å². The molecule has 0 heterocycles. The molecule has 1 aromatic rings. The number of nitrogens with one attached hydrogen (secondary N) is 1. The van der Waals surface area contributed by atoms with E-state index in [9.17, 15) is 9.59 Å². The lowest BCUT2D eigenvalue weighted by atomic mass is 10.2. The molecule has 1 rings (SSSR count). The maximum Gasteiger partial charge on any atom is 0.334 e. The van der Waals surface area contributed by atoms with Gasteiger partial charge in [-0.1, -0.05) is 18.2 Å². The summed E-state index contributed by atoms with van der Waals surface area (Å²) in [6.45, 7) is 3.83. The molecule has 2 amide bonds. The number of rotatable bonds is 5. The third-order valence-electron chi connectivity index (χ3n) is 2.70. The van der Waals surface area contributed by atoms with Crippen LogP contribution in [-0.4, -0.2) is 41.4 Å². The molecule has 0 aliphatic heterocycles. The fourth-order valence-electron chi connectivity index (χ4n) is 1.66. The van der Waals surface area contributed by atoms with E-state index in [-0.39, 0.29) is 6.54 Å². The Bertz CT molecular complexity index is 462. The fraction of sp³-hybridized carbons (Fsp3) is 0.385. The van der Waals surface area contributed by atoms with Crippen LogP contribution in [0.5, 0.6) is 0 Å². The first-order chi connectivity index (χ1) is 8.97. The normalized spacial score (nSPS) is 11.7. The van der Waals surface area contributed by atoms with Gasteiger partial charge in [0.05, 0.1) is 6.54 Å². The Hall–Kier alpha value is -2.08. The van der Waals surface area contributed by atoms with E-state index in [0.29, 0.717) is 6.54 Å². The van der Waals surface area contributed by atoms with Crippen LogP contribution in [-0.2, 0) is 4.79 Å². The summed E-state index contributed by atoms with van der Waals surface area (Å²) in [7, 11) is 0. The van der Waals surface area contributed by atoms with Gasteiger partial charge in [0, 0.05) is 12.2 Å². The molecule has 0 saturated carbocycles. The maximum atomic E-state index is 12.0. The number of benzene rings is 1. The lowest BCUT2D eigenvalue weighted by Gasteiger charge is -2.23. The minimum atomic E-state index is -1.60. The molecule has 6 heteroatoms. The van der Waals surface area contributed by atoms with Crippen LogP contribution in [0, 0.1) is 6.92 Å². The quantitative estimate of drug-likeness (QED) is 0.741. The van der Waals surface area contributed by atoms with Gasteiger partial charge in [-0.15, -0.1) is 0 Å². The lowest BCUT2D eigenvalue weighted by molar-refractivity contribution is -0.146. The highest BCUT2D eigenvalue weighted by molar-refractivity contribution is 5.93. The van der Waals surface area contributed by atoms with E-state index in [1.807, 2.05) is 38.1 Å². The zero-order chi connectivity index (χ0) is 14.4. The number of amides is 2. The van der Waals surface area contributed by atoms with Gasteiger partial charge in [0.25, 0.3) is 0 Å². The highest BCUT2D eigenvalue weighted by Crippen LogP contribution is 2.18. The molecule has 0 radical (unpaired) electrons. The van der Waals surface area contributed by atoms with Gasteiger partial charge in [-0.3, -0.25) is 4.90 Å². The molecular formula is C13H18N2O4. The third kappa shape index (κ3) is 3.96. The predicted molar refractivity (Wildman–Crippen MR) is 71.2 cm³/mol. The predicted octanol–water partition coefficient (Wildman–Crippen LogP) is 0.976. The Balaban J connectivity index is 2.73. The number of para-hydroxylation sites is 1. The van der Waals surface area contributed by atoms with Crippen LogP contribution < -0.4 is 10.2 Å². The highest BCUT2D eigenvalue weighted by atomic mass is 16.4. The van der Waals surface area contributed by atoms with Crippen molar-refractivity contribution >= 4 is 17.7 Å². The summed E-state index contributed by atoms with van der Waals surface area (Å²) in [5, 5.41) is 20.1. The van der Waals surface area contributed by atoms with E-state index in [4.69, 9.17) is 10.2 Å². The van der Waals surface area contributed by atoms with Crippen molar-refractivity contribution in [3.63, 3.8) is 0 Å². The van der Waals surface area contributed by atoms with E-state index in [1.54, 1.807) is 0 Å². The summed E-state index contributed by atoms with van der Waals surface area (Å²) in [6, 6.07) is 6.96. The van der Waals surface area contributed by atoms with Crippen LogP contribution >= 0.6 is 0 Å². The maximum absolute atomic E-state index is 12.0. The average Bonchev–Trinajstić information content (AvgIpc) is 2.38. The second-order valence-electron chi connectivity index (χ2n) is 4.07. The molecule has 1 atom stereocenters. The van der Waals surface area contributed by atoms with Gasteiger partial charge in [0.15, 0.2) is 6.10 Å². The van der Waals surface area contributed by atoms with E-state index >= 15 is 0 Å². The summed E-state index contributed by atoms with van der Waals surface area (Å²) < 4.78 is 0. The van der Waals surface area contributed by atoms with E-state index < -0.39 is 18.1 Å². The highest BCUT2D eigenvalue weighted by Gasteiger charge is 2.18. The van der Waals surface area contributed by atoms with E-state index in [2.05, 4.69) is 5.32 Å². The number of aliphatic hydroxyl groups excluding tert-OH is 1. The first-order valence-electron chi connectivity index (χ1n) is 5.99. The number of carbonyl (C=O) groups is 2. The summed E-state index contributed by atoms with van der Waals surface area (Å²) in [5.41, 5.74) is 1.70. The van der Waals surface area contributed by atoms with Gasteiger partial charge in [0.1, 0.15) is 0 Å². The Morgan fingerprint density at radius 2 is 2.00 bits per heavy atom. The minimum absolute atomic E-state index is 0.323. The molecule has 0 spiro atoms. The number of aryl methyl sites for hydroxylation is 1. The number of hydrogen-bond donors (Lipinski definition) is 3. The van der Waals surface area contributed by atoms with Crippen molar-refractivity contribution in [3.05, 3.63) is 29.8 Å². The monoisotopic (exact) mass is 266 g/mol. The molecule has 0 bridgehead atoms. The van der Waals surface area contributed by atoms with Crippen molar-refractivity contribution in [1.29, 1.82) is 0 Å². The number of carboxylic acid groups (broad SMARTS) is 1. The van der Waals surface area contributed by atoms with Crippen LogP contribution in [0.2, 0.25) is 0 Å². The Kier molecular flexibility index (Phi) is 5.32. The molecule has 1 unspecified atom stereocenters. The Morgan fingerprint density at radius 1 is 1.37 bits per heavy atom. The molecule has 19 heavy (non-hydrogen) atoms. The van der Waals surface area contributed by atoms with E-state index in [1.165, 1.54) is 4.90 Å². The molecule has 0 aromatic heterocycles. The second-order valence-corrected chi connectivity index (χ2v) is 4.07. The molecule has 0 aliphatic carbocycles. The number of urea groups is 1. The van der Waals surface area contributed by atoms with E-state index in [0.717, 1.165) is 11.3 Å². The summed E-state index contributed by atoms with van der Waals surface area (Å²) in [6.07, 6.45) is -1.60. The van der Waals surface area contributed by atoms with Crippen molar-refractivity contribution in [2.75, 3.05) is 18.0 Å². The van der Waals surface area contributed by atoms with Gasteiger partial charge in [-0.25, -0.2) is 9.59 Å². The fourth-order valence-corrected chi connectivity index (χ4v) is 1.66. The first-order valence-corrected chi connectivity index (χ1v) is 5.99. The number of hydrogen-bond acceptors (Lipinski definition) is 3. The average molecular weight is 266 g/mol. The van der Waals surface area contributed by atoms with Crippen molar-refractivity contribution in [2.45, 2.75) is 20.0 Å². The van der Waals surface area contributed by atoms with Crippen LogP contribution in [0.25, 0.3) is 0 Å². The number of nitrogens with zero attached hydrogens (tertiary/aromatic N) is 1. The summed E-state index contributed by atoms with van der Waals surface area (Å²) in [5.74, 6) is -1.36. The molecule has 104 valence electrons. The SMILES string of the molecule is CCN(C(=O)NCC(O)C(=O)O)c1ccccc1C. The second kappa shape index (κ2) is 6.75. The van der Waals surface area contributed by atoms with Crippen LogP contribution in [0.15, 0.2) is 24.3 Å². The van der Waals surface area contributed by atoms with Crippen molar-refractivity contribution in [2.24, 2.45) is 0 Å². The van der Waals surface area contributed by atoms with Crippen LogP contribution in [0.1, 0.15) is 12.5 Å². The van der Waals surface area contributed by atoms with Crippen molar-refractivity contribution in [1.82, 2.24) is 5.32 Å². The molecule has 0 fully saturated rings. The van der Waals surface area contributed by atoms with Crippen LogP contribution in [0.4, 0.5) is 10.5 Å². The van der Waals surface area contributed by atoms with Gasteiger partial charge in [-0.05, 0) is 25.5 Å². The Morgan fingerprint density at radius 3 is 2.53 bits per heavy atom. The van der Waals surface area contributed by atoms with Crippen LogP contribution in [0.3, 0.4) is 0 Å². The zero-order valence-electron chi connectivity index (χ0n) is 11.0. The van der Waals surface area contributed by atoms with Gasteiger partial charge in [0.2, 0.25) is 0 Å². The molecule has 1 aromatic carbocycles. The number of carboxylic acids is 1.